The van der Waals surface area contributed by atoms with Gasteiger partial charge in [0, 0.05) is 13.6 Å². The molecule has 1 saturated heterocycles. The van der Waals surface area contributed by atoms with E-state index in [1.165, 1.54) is 35.6 Å². The number of phenols is 1. The molecule has 0 aromatic heterocycles. The molecule has 0 radical (unpaired) electrons. The molecule has 1 heterocycles. The lowest BCUT2D eigenvalue weighted by atomic mass is 10.0. The van der Waals surface area contributed by atoms with Crippen LogP contribution >= 0.6 is 0 Å². The molecule has 110 valence electrons. The molecule has 1 fully saturated rings. The van der Waals surface area contributed by atoms with Crippen molar-refractivity contribution in [3.63, 3.8) is 0 Å². The molecule has 1 atom stereocenters. The van der Waals surface area contributed by atoms with Crippen LogP contribution in [0.15, 0.2) is 29.2 Å². The van der Waals surface area contributed by atoms with Crippen LogP contribution in [0.3, 0.4) is 0 Å². The first kappa shape index (κ1) is 14.8. The normalized spacial score (nSPS) is 20.6. The molecule has 0 bridgehead atoms. The number of likely N-dealkylation sites (N-methyl/N-ethyl adjacent to an activating group) is 1. The number of hydrogen-bond donors (Lipinski definition) is 2. The molecule has 2 N–H and O–H groups in total. The first-order valence-corrected chi connectivity index (χ1v) is 7.93. The quantitative estimate of drug-likeness (QED) is 0.859. The fourth-order valence-corrected chi connectivity index (χ4v) is 4.10. The van der Waals surface area contributed by atoms with Gasteiger partial charge in [0.2, 0.25) is 15.9 Å². The predicted octanol–water partition coefficient (Wildman–Crippen LogP) is 0.681. The van der Waals surface area contributed by atoms with Crippen molar-refractivity contribution < 1.29 is 18.3 Å². The Kier molecular flexibility index (Phi) is 4.29. The second kappa shape index (κ2) is 5.80. The fraction of sp³-hybridized carbons (Fsp3) is 0.462. The van der Waals surface area contributed by atoms with E-state index in [1.54, 1.807) is 0 Å². The lowest BCUT2D eigenvalue weighted by Crippen LogP contribution is -2.51. The highest BCUT2D eigenvalue weighted by atomic mass is 32.2. The Bertz CT molecular complexity index is 600. The molecule has 20 heavy (non-hydrogen) atoms. The summed E-state index contributed by atoms with van der Waals surface area (Å²) in [5.41, 5.74) is 0. The molecule has 1 aromatic carbocycles. The molecule has 0 aliphatic carbocycles. The van der Waals surface area contributed by atoms with Crippen molar-refractivity contribution in [2.45, 2.75) is 30.2 Å². The lowest BCUT2D eigenvalue weighted by Gasteiger charge is -2.33. The van der Waals surface area contributed by atoms with Gasteiger partial charge in [-0.2, -0.15) is 4.31 Å². The van der Waals surface area contributed by atoms with Gasteiger partial charge >= 0.3 is 0 Å². The van der Waals surface area contributed by atoms with Crippen molar-refractivity contribution in [2.24, 2.45) is 0 Å². The summed E-state index contributed by atoms with van der Waals surface area (Å²) < 4.78 is 26.4. The average molecular weight is 298 g/mol. The van der Waals surface area contributed by atoms with Gasteiger partial charge in [-0.1, -0.05) is 12.5 Å². The van der Waals surface area contributed by atoms with Crippen molar-refractivity contribution in [3.05, 3.63) is 24.3 Å². The number of aromatic hydroxyl groups is 1. The lowest BCUT2D eigenvalue weighted by molar-refractivity contribution is -0.125. The molecule has 7 heteroatoms. The molecule has 0 saturated carbocycles. The van der Waals surface area contributed by atoms with Crippen LogP contribution in [0.25, 0.3) is 0 Å². The highest BCUT2D eigenvalue weighted by Gasteiger charge is 2.37. The summed E-state index contributed by atoms with van der Waals surface area (Å²) in [4.78, 5) is 11.9. The van der Waals surface area contributed by atoms with Gasteiger partial charge in [0.05, 0.1) is 4.90 Å². The third-order valence-corrected chi connectivity index (χ3v) is 5.33. The minimum Gasteiger partial charge on any atom is -0.508 e. The zero-order valence-corrected chi connectivity index (χ0v) is 12.1. The van der Waals surface area contributed by atoms with Crippen molar-refractivity contribution >= 4 is 15.9 Å². The van der Waals surface area contributed by atoms with Crippen molar-refractivity contribution in [2.75, 3.05) is 13.6 Å². The highest BCUT2D eigenvalue weighted by Crippen LogP contribution is 2.27. The van der Waals surface area contributed by atoms with Crippen LogP contribution in [0, 0.1) is 0 Å². The summed E-state index contributed by atoms with van der Waals surface area (Å²) >= 11 is 0. The van der Waals surface area contributed by atoms with Crippen LogP contribution in [0.5, 0.6) is 5.75 Å². The number of carbonyl (C=O) groups excluding carboxylic acids is 1. The number of carbonyl (C=O) groups is 1. The third-order valence-electron chi connectivity index (χ3n) is 3.43. The molecule has 0 spiro atoms. The monoisotopic (exact) mass is 298 g/mol. The zero-order valence-electron chi connectivity index (χ0n) is 11.2. The van der Waals surface area contributed by atoms with Gasteiger partial charge in [0.15, 0.2) is 0 Å². The van der Waals surface area contributed by atoms with Crippen molar-refractivity contribution in [1.29, 1.82) is 0 Å². The summed E-state index contributed by atoms with van der Waals surface area (Å²) in [5, 5.41) is 11.9. The van der Waals surface area contributed by atoms with Crippen LogP contribution < -0.4 is 5.32 Å². The second-order valence-corrected chi connectivity index (χ2v) is 6.63. The summed E-state index contributed by atoms with van der Waals surface area (Å²) in [6, 6.07) is 4.82. The van der Waals surface area contributed by atoms with Crippen molar-refractivity contribution in [3.8, 4) is 5.75 Å². The molecule has 1 aromatic rings. The molecule has 1 aliphatic heterocycles. The Labute approximate surface area is 118 Å². The van der Waals surface area contributed by atoms with Crippen molar-refractivity contribution in [1.82, 2.24) is 9.62 Å². The summed E-state index contributed by atoms with van der Waals surface area (Å²) in [6.45, 7) is 0.316. The summed E-state index contributed by atoms with van der Waals surface area (Å²) in [6.07, 6.45) is 2.06. The Morgan fingerprint density at radius 3 is 2.80 bits per heavy atom. The van der Waals surface area contributed by atoms with Crippen LogP contribution in [0.2, 0.25) is 0 Å². The van der Waals surface area contributed by atoms with E-state index >= 15 is 0 Å². The number of amides is 1. The van der Waals surface area contributed by atoms with Gasteiger partial charge in [-0.15, -0.1) is 0 Å². The SMILES string of the molecule is CNC(=O)C1CCCCN1S(=O)(=O)c1cccc(O)c1. The van der Waals surface area contributed by atoms with Gasteiger partial charge in [-0.25, -0.2) is 8.42 Å². The third kappa shape index (κ3) is 2.78. The average Bonchev–Trinajstić information content (AvgIpc) is 2.46. The zero-order chi connectivity index (χ0) is 14.8. The first-order chi connectivity index (χ1) is 9.46. The molecule has 2 rings (SSSR count). The maximum absolute atomic E-state index is 12.6. The van der Waals surface area contributed by atoms with E-state index in [0.29, 0.717) is 13.0 Å². The number of nitrogens with one attached hydrogen (secondary N) is 1. The molecule has 1 aliphatic rings. The summed E-state index contributed by atoms with van der Waals surface area (Å²) in [7, 11) is -2.28. The molecule has 1 unspecified atom stereocenters. The van der Waals surface area contributed by atoms with E-state index in [4.69, 9.17) is 0 Å². The molecule has 1 amide bonds. The maximum Gasteiger partial charge on any atom is 0.243 e. The Hall–Kier alpha value is -1.60. The highest BCUT2D eigenvalue weighted by molar-refractivity contribution is 7.89. The van der Waals surface area contributed by atoms with E-state index in [9.17, 15) is 18.3 Å². The minimum absolute atomic E-state index is 0.00769. The Morgan fingerprint density at radius 2 is 2.15 bits per heavy atom. The molecular formula is C13H18N2O4S. The minimum atomic E-state index is -3.78. The maximum atomic E-state index is 12.6. The van der Waals surface area contributed by atoms with Gasteiger partial charge in [0.25, 0.3) is 0 Å². The number of rotatable bonds is 3. The van der Waals surface area contributed by atoms with E-state index < -0.39 is 16.1 Å². The van der Waals surface area contributed by atoms with Gasteiger partial charge < -0.3 is 10.4 Å². The smallest absolute Gasteiger partial charge is 0.243 e. The summed E-state index contributed by atoms with van der Waals surface area (Å²) in [5.74, 6) is -0.409. The largest absolute Gasteiger partial charge is 0.508 e. The van der Waals surface area contributed by atoms with Crippen LogP contribution in [-0.2, 0) is 14.8 Å². The van der Waals surface area contributed by atoms with Gasteiger partial charge in [-0.3, -0.25) is 4.79 Å². The van der Waals surface area contributed by atoms with Crippen LogP contribution in [-0.4, -0.2) is 43.4 Å². The van der Waals surface area contributed by atoms with Crippen LogP contribution in [0.4, 0.5) is 0 Å². The van der Waals surface area contributed by atoms with E-state index in [0.717, 1.165) is 12.8 Å². The van der Waals surface area contributed by atoms with E-state index in [1.807, 2.05) is 0 Å². The number of nitrogens with zero attached hydrogens (tertiary/aromatic N) is 1. The van der Waals surface area contributed by atoms with E-state index in [-0.39, 0.29) is 16.6 Å². The number of hydrogen-bond acceptors (Lipinski definition) is 4. The Morgan fingerprint density at radius 1 is 1.40 bits per heavy atom. The number of sulfonamides is 1. The van der Waals surface area contributed by atoms with Gasteiger partial charge in [0.1, 0.15) is 11.8 Å². The van der Waals surface area contributed by atoms with Gasteiger partial charge in [-0.05, 0) is 31.0 Å². The molecule has 6 nitrogen and oxygen atoms in total. The fourth-order valence-electron chi connectivity index (χ4n) is 2.40. The predicted molar refractivity (Wildman–Crippen MR) is 73.7 cm³/mol. The Balaban J connectivity index is 2.38. The standard InChI is InChI=1S/C13H18N2O4S/c1-14-13(17)12-7-2-3-8-15(12)20(18,19)11-6-4-5-10(16)9-11/h4-6,9,12,16H,2-3,7-8H2,1H3,(H,14,17). The number of benzene rings is 1. The molecular weight excluding hydrogens is 280 g/mol. The van der Waals surface area contributed by atoms with E-state index in [2.05, 4.69) is 5.32 Å². The number of piperidine rings is 1. The second-order valence-electron chi connectivity index (χ2n) is 4.74. The topological polar surface area (TPSA) is 86.7 Å². The first-order valence-electron chi connectivity index (χ1n) is 6.49. The number of phenolic OH excluding ortho intramolecular Hbond substituents is 1. The van der Waals surface area contributed by atoms with Crippen LogP contribution in [0.1, 0.15) is 19.3 Å².